The highest BCUT2D eigenvalue weighted by atomic mass is 32.1. The van der Waals surface area contributed by atoms with Gasteiger partial charge in [0.05, 0.1) is 19.8 Å². The molecule has 7 nitrogen and oxygen atoms in total. The van der Waals surface area contributed by atoms with E-state index in [1.165, 1.54) is 24.5 Å². The fourth-order valence-electron chi connectivity index (χ4n) is 3.55. The molecule has 3 aromatic rings. The van der Waals surface area contributed by atoms with Gasteiger partial charge in [-0.2, -0.15) is 0 Å². The molecule has 0 unspecified atom stereocenters. The molecule has 166 valence electrons. The third kappa shape index (κ3) is 4.29. The number of carbonyl (C=O) groups excluding carboxylic acids is 2. The molecular formula is C23H22FN3O4S. The maximum Gasteiger partial charge on any atom is 0.273 e. The van der Waals surface area contributed by atoms with Crippen LogP contribution in [-0.2, 0) is 0 Å². The topological polar surface area (TPSA) is 72.0 Å². The lowest BCUT2D eigenvalue weighted by Gasteiger charge is -2.34. The molecular weight excluding hydrogens is 433 g/mol. The third-order valence-corrected chi connectivity index (χ3v) is 6.20. The molecule has 1 aliphatic heterocycles. The summed E-state index contributed by atoms with van der Waals surface area (Å²) in [7, 11) is 3.06. The molecule has 2 aromatic carbocycles. The number of rotatable bonds is 5. The van der Waals surface area contributed by atoms with Gasteiger partial charge in [-0.05, 0) is 24.3 Å². The smallest absolute Gasteiger partial charge is 0.273 e. The summed E-state index contributed by atoms with van der Waals surface area (Å²) in [5, 5.41) is 2.11. The Morgan fingerprint density at radius 2 is 1.66 bits per heavy atom. The predicted molar refractivity (Wildman–Crippen MR) is 119 cm³/mol. The third-order valence-electron chi connectivity index (χ3n) is 5.32. The first kappa shape index (κ1) is 21.8. The standard InChI is InChI=1S/C23H22FN3O4S/c1-30-15-7-8-17(20(13-15)31-2)22(28)26-9-11-27(12-10-26)23(29)19-14-32-21(25-19)16-5-3-4-6-18(16)24/h3-8,13-14H,9-12H2,1-2H3. The van der Waals surface area contributed by atoms with Crippen molar-refractivity contribution in [1.29, 1.82) is 0 Å². The van der Waals surface area contributed by atoms with Crippen molar-refractivity contribution in [3.63, 3.8) is 0 Å². The summed E-state index contributed by atoms with van der Waals surface area (Å²) in [4.78, 5) is 33.6. The minimum absolute atomic E-state index is 0.160. The Kier molecular flexibility index (Phi) is 6.36. The van der Waals surface area contributed by atoms with Gasteiger partial charge in [-0.25, -0.2) is 9.37 Å². The number of carbonyl (C=O) groups is 2. The molecule has 2 heterocycles. The number of nitrogens with zero attached hydrogens (tertiary/aromatic N) is 3. The zero-order valence-corrected chi connectivity index (χ0v) is 18.5. The monoisotopic (exact) mass is 455 g/mol. The van der Waals surface area contributed by atoms with Crippen molar-refractivity contribution < 1.29 is 23.5 Å². The van der Waals surface area contributed by atoms with Crippen LogP contribution in [0.25, 0.3) is 10.6 Å². The van der Waals surface area contributed by atoms with E-state index in [0.717, 1.165) is 0 Å². The fraction of sp³-hybridized carbons (Fsp3) is 0.261. The highest BCUT2D eigenvalue weighted by molar-refractivity contribution is 7.13. The number of thiazole rings is 1. The van der Waals surface area contributed by atoms with Crippen molar-refractivity contribution in [3.8, 4) is 22.1 Å². The molecule has 0 radical (unpaired) electrons. The molecule has 0 N–H and O–H groups in total. The van der Waals surface area contributed by atoms with Gasteiger partial charge in [0.2, 0.25) is 0 Å². The van der Waals surface area contributed by atoms with Crippen LogP contribution in [0.1, 0.15) is 20.8 Å². The Labute approximate surface area is 189 Å². The molecule has 32 heavy (non-hydrogen) atoms. The first-order valence-electron chi connectivity index (χ1n) is 10.0. The molecule has 1 aliphatic rings. The van der Waals surface area contributed by atoms with Gasteiger partial charge in [0.25, 0.3) is 11.8 Å². The molecule has 1 fully saturated rings. The lowest BCUT2D eigenvalue weighted by atomic mass is 10.1. The van der Waals surface area contributed by atoms with Crippen LogP contribution in [0.4, 0.5) is 4.39 Å². The van der Waals surface area contributed by atoms with E-state index >= 15 is 0 Å². The maximum absolute atomic E-state index is 14.0. The van der Waals surface area contributed by atoms with Gasteiger partial charge in [0, 0.05) is 43.2 Å². The van der Waals surface area contributed by atoms with Crippen LogP contribution < -0.4 is 9.47 Å². The van der Waals surface area contributed by atoms with E-state index in [9.17, 15) is 14.0 Å². The van der Waals surface area contributed by atoms with Crippen molar-refractivity contribution >= 4 is 23.2 Å². The van der Waals surface area contributed by atoms with Crippen molar-refractivity contribution in [1.82, 2.24) is 14.8 Å². The number of halogens is 1. The van der Waals surface area contributed by atoms with E-state index in [1.54, 1.807) is 58.7 Å². The van der Waals surface area contributed by atoms with Crippen LogP contribution in [0.3, 0.4) is 0 Å². The largest absolute Gasteiger partial charge is 0.497 e. The quantitative estimate of drug-likeness (QED) is 0.588. The normalized spacial score (nSPS) is 13.7. The maximum atomic E-state index is 14.0. The second-order valence-electron chi connectivity index (χ2n) is 7.17. The molecule has 1 aromatic heterocycles. The van der Waals surface area contributed by atoms with E-state index in [2.05, 4.69) is 4.98 Å². The van der Waals surface area contributed by atoms with Gasteiger partial charge in [-0.15, -0.1) is 11.3 Å². The Balaban J connectivity index is 1.41. The van der Waals surface area contributed by atoms with E-state index in [-0.39, 0.29) is 23.3 Å². The van der Waals surface area contributed by atoms with Gasteiger partial charge >= 0.3 is 0 Å². The number of aromatic nitrogens is 1. The number of benzene rings is 2. The summed E-state index contributed by atoms with van der Waals surface area (Å²) in [6.07, 6.45) is 0. The molecule has 4 rings (SSSR count). The van der Waals surface area contributed by atoms with Crippen LogP contribution in [0, 0.1) is 5.82 Å². The van der Waals surface area contributed by atoms with Gasteiger partial charge in [-0.1, -0.05) is 12.1 Å². The zero-order chi connectivity index (χ0) is 22.7. The van der Waals surface area contributed by atoms with Crippen molar-refractivity contribution in [2.45, 2.75) is 0 Å². The van der Waals surface area contributed by atoms with Crippen molar-refractivity contribution in [2.75, 3.05) is 40.4 Å². The van der Waals surface area contributed by atoms with E-state index in [1.807, 2.05) is 0 Å². The first-order chi connectivity index (χ1) is 15.5. The highest BCUT2D eigenvalue weighted by Gasteiger charge is 2.28. The highest BCUT2D eigenvalue weighted by Crippen LogP contribution is 2.28. The molecule has 0 atom stereocenters. The average molecular weight is 456 g/mol. The lowest BCUT2D eigenvalue weighted by Crippen LogP contribution is -2.50. The van der Waals surface area contributed by atoms with Crippen LogP contribution in [-0.4, -0.2) is 67.0 Å². The number of hydrogen-bond donors (Lipinski definition) is 0. The molecule has 0 aliphatic carbocycles. The average Bonchev–Trinajstić information content (AvgIpc) is 3.33. The minimum Gasteiger partial charge on any atom is -0.497 e. The Morgan fingerprint density at radius 3 is 2.31 bits per heavy atom. The molecule has 9 heteroatoms. The number of amides is 2. The number of hydrogen-bond acceptors (Lipinski definition) is 6. The summed E-state index contributed by atoms with van der Waals surface area (Å²) < 4.78 is 24.5. The van der Waals surface area contributed by atoms with E-state index < -0.39 is 0 Å². The predicted octanol–water partition coefficient (Wildman–Crippen LogP) is 3.56. The second-order valence-corrected chi connectivity index (χ2v) is 8.03. The van der Waals surface area contributed by atoms with E-state index in [4.69, 9.17) is 9.47 Å². The van der Waals surface area contributed by atoms with E-state index in [0.29, 0.717) is 53.8 Å². The van der Waals surface area contributed by atoms with Crippen LogP contribution in [0.5, 0.6) is 11.5 Å². The second kappa shape index (κ2) is 9.35. The summed E-state index contributed by atoms with van der Waals surface area (Å²) in [5.74, 6) is 0.287. The summed E-state index contributed by atoms with van der Waals surface area (Å²) in [5.41, 5.74) is 1.10. The van der Waals surface area contributed by atoms with Gasteiger partial charge in [-0.3, -0.25) is 9.59 Å². The Morgan fingerprint density at radius 1 is 0.969 bits per heavy atom. The van der Waals surface area contributed by atoms with Crippen LogP contribution >= 0.6 is 11.3 Å². The summed E-state index contributed by atoms with van der Waals surface area (Å²) >= 11 is 1.23. The Hall–Kier alpha value is -3.46. The number of piperazine rings is 1. The Bertz CT molecular complexity index is 1140. The zero-order valence-electron chi connectivity index (χ0n) is 17.7. The number of ether oxygens (including phenoxy) is 2. The van der Waals surface area contributed by atoms with Gasteiger partial charge in [0.1, 0.15) is 28.0 Å². The van der Waals surface area contributed by atoms with Crippen molar-refractivity contribution in [3.05, 3.63) is 64.9 Å². The minimum atomic E-state index is -0.373. The van der Waals surface area contributed by atoms with Crippen LogP contribution in [0.15, 0.2) is 47.8 Å². The SMILES string of the molecule is COc1ccc(C(=O)N2CCN(C(=O)c3csc(-c4ccccc4F)n3)CC2)c(OC)c1. The van der Waals surface area contributed by atoms with Crippen LogP contribution in [0.2, 0.25) is 0 Å². The molecule has 0 bridgehead atoms. The van der Waals surface area contributed by atoms with Crippen molar-refractivity contribution in [2.24, 2.45) is 0 Å². The lowest BCUT2D eigenvalue weighted by molar-refractivity contribution is 0.0531. The summed E-state index contributed by atoms with van der Waals surface area (Å²) in [6.45, 7) is 1.55. The van der Waals surface area contributed by atoms with Gasteiger partial charge < -0.3 is 19.3 Å². The molecule has 0 spiro atoms. The fourth-order valence-corrected chi connectivity index (χ4v) is 4.37. The number of methoxy groups -OCH3 is 2. The molecule has 0 saturated carbocycles. The summed E-state index contributed by atoms with van der Waals surface area (Å²) in [6, 6.07) is 11.4. The molecule has 1 saturated heterocycles. The molecule has 2 amide bonds. The van der Waals surface area contributed by atoms with Gasteiger partial charge in [0.15, 0.2) is 0 Å². The first-order valence-corrected chi connectivity index (χ1v) is 10.9.